The number of benzene rings is 1. The Bertz CT molecular complexity index is 557. The van der Waals surface area contributed by atoms with Crippen LogP contribution in [0.5, 0.6) is 0 Å². The fourth-order valence-corrected chi connectivity index (χ4v) is 3.86. The summed E-state index contributed by atoms with van der Waals surface area (Å²) in [5.41, 5.74) is 6.89. The van der Waals surface area contributed by atoms with Crippen LogP contribution in [0.2, 0.25) is 5.02 Å². The van der Waals surface area contributed by atoms with Crippen LogP contribution < -0.4 is 11.1 Å². The van der Waals surface area contributed by atoms with E-state index in [-0.39, 0.29) is 5.41 Å². The molecule has 114 valence electrons. The summed E-state index contributed by atoms with van der Waals surface area (Å²) < 4.78 is 5.85. The van der Waals surface area contributed by atoms with Crippen LogP contribution in [0.15, 0.2) is 18.2 Å². The first-order valence-corrected chi connectivity index (χ1v) is 7.92. The van der Waals surface area contributed by atoms with E-state index in [4.69, 9.17) is 22.1 Å². The molecule has 2 aliphatic carbocycles. The first-order valence-electron chi connectivity index (χ1n) is 7.54. The van der Waals surface area contributed by atoms with Gasteiger partial charge in [0.2, 0.25) is 5.91 Å². The van der Waals surface area contributed by atoms with E-state index in [1.165, 1.54) is 19.3 Å². The van der Waals surface area contributed by atoms with Crippen LogP contribution in [0.4, 0.5) is 5.69 Å². The van der Waals surface area contributed by atoms with E-state index in [0.717, 1.165) is 18.7 Å². The van der Waals surface area contributed by atoms with E-state index in [1.54, 1.807) is 12.1 Å². The Balaban J connectivity index is 1.73. The summed E-state index contributed by atoms with van der Waals surface area (Å²) in [6.07, 6.45) is 5.09. The summed E-state index contributed by atoms with van der Waals surface area (Å²) in [4.78, 5) is 11.4. The van der Waals surface area contributed by atoms with Crippen LogP contribution in [-0.4, -0.2) is 24.7 Å². The van der Waals surface area contributed by atoms with Crippen molar-refractivity contribution >= 4 is 23.2 Å². The van der Waals surface area contributed by atoms with Gasteiger partial charge in [-0.15, -0.1) is 0 Å². The Morgan fingerprint density at radius 3 is 2.86 bits per heavy atom. The highest BCUT2D eigenvalue weighted by Crippen LogP contribution is 2.58. The number of nitrogens with two attached hydrogens (primary N) is 1. The SMILES string of the molecule is CCOC1CC(Nc2ccc(Cl)c(C(N)=O)c2)C12CCC2. The number of amides is 1. The minimum Gasteiger partial charge on any atom is -0.382 e. The summed E-state index contributed by atoms with van der Waals surface area (Å²) in [5, 5.41) is 3.93. The third-order valence-electron chi connectivity index (χ3n) is 5.01. The van der Waals surface area contributed by atoms with Crippen molar-refractivity contribution in [3.8, 4) is 0 Å². The molecule has 2 fully saturated rings. The number of primary amides is 1. The molecule has 0 heterocycles. The van der Waals surface area contributed by atoms with Gasteiger partial charge in [0, 0.05) is 23.8 Å². The lowest BCUT2D eigenvalue weighted by Crippen LogP contribution is -2.64. The lowest BCUT2D eigenvalue weighted by Gasteiger charge is -2.61. The molecule has 2 atom stereocenters. The quantitative estimate of drug-likeness (QED) is 0.878. The smallest absolute Gasteiger partial charge is 0.250 e. The van der Waals surface area contributed by atoms with Gasteiger partial charge >= 0.3 is 0 Å². The van der Waals surface area contributed by atoms with E-state index in [2.05, 4.69) is 5.32 Å². The van der Waals surface area contributed by atoms with E-state index in [0.29, 0.717) is 22.7 Å². The molecule has 2 unspecified atom stereocenters. The topological polar surface area (TPSA) is 64.3 Å². The number of carbonyl (C=O) groups excluding carboxylic acids is 1. The number of halogens is 1. The normalized spacial score (nSPS) is 26.0. The van der Waals surface area contributed by atoms with Crippen LogP contribution in [0.3, 0.4) is 0 Å². The summed E-state index contributed by atoms with van der Waals surface area (Å²) >= 11 is 5.99. The lowest BCUT2D eigenvalue weighted by atomic mass is 9.51. The first kappa shape index (κ1) is 14.7. The summed E-state index contributed by atoms with van der Waals surface area (Å²) in [6.45, 7) is 2.82. The Morgan fingerprint density at radius 1 is 1.52 bits per heavy atom. The van der Waals surface area contributed by atoms with Gasteiger partial charge < -0.3 is 15.8 Å². The van der Waals surface area contributed by atoms with Gasteiger partial charge in [0.05, 0.1) is 16.7 Å². The van der Waals surface area contributed by atoms with Crippen molar-refractivity contribution in [1.82, 2.24) is 0 Å². The van der Waals surface area contributed by atoms with Gasteiger partial charge in [0.1, 0.15) is 0 Å². The summed E-state index contributed by atoms with van der Waals surface area (Å²) in [5.74, 6) is -0.497. The minimum atomic E-state index is -0.497. The van der Waals surface area contributed by atoms with Gasteiger partial charge in [-0.05, 0) is 44.4 Å². The molecule has 3 rings (SSSR count). The van der Waals surface area contributed by atoms with E-state index in [9.17, 15) is 4.79 Å². The van der Waals surface area contributed by atoms with Crippen LogP contribution in [-0.2, 0) is 4.74 Å². The van der Waals surface area contributed by atoms with Gasteiger partial charge in [0.25, 0.3) is 0 Å². The Kier molecular flexibility index (Phi) is 3.84. The second-order valence-corrected chi connectivity index (χ2v) is 6.43. The lowest BCUT2D eigenvalue weighted by molar-refractivity contribution is -0.157. The molecule has 3 N–H and O–H groups in total. The molecule has 1 spiro atoms. The zero-order valence-electron chi connectivity index (χ0n) is 12.2. The molecule has 2 saturated carbocycles. The molecule has 5 heteroatoms. The maximum atomic E-state index is 11.4. The molecular weight excluding hydrogens is 288 g/mol. The van der Waals surface area contributed by atoms with Gasteiger partial charge in [0.15, 0.2) is 0 Å². The predicted molar refractivity (Wildman–Crippen MR) is 83.7 cm³/mol. The number of rotatable bonds is 5. The van der Waals surface area contributed by atoms with Crippen molar-refractivity contribution in [1.29, 1.82) is 0 Å². The third kappa shape index (κ3) is 2.40. The molecule has 4 nitrogen and oxygen atoms in total. The average Bonchev–Trinajstić information content (AvgIpc) is 2.37. The molecule has 0 bridgehead atoms. The van der Waals surface area contributed by atoms with Crippen LogP contribution in [0, 0.1) is 5.41 Å². The highest BCUT2D eigenvalue weighted by atomic mass is 35.5. The van der Waals surface area contributed by atoms with Gasteiger partial charge in [-0.1, -0.05) is 18.0 Å². The van der Waals surface area contributed by atoms with Crippen molar-refractivity contribution in [3.05, 3.63) is 28.8 Å². The van der Waals surface area contributed by atoms with Crippen LogP contribution >= 0.6 is 11.6 Å². The Labute approximate surface area is 130 Å². The zero-order chi connectivity index (χ0) is 15.0. The minimum absolute atomic E-state index is 0.280. The molecule has 21 heavy (non-hydrogen) atoms. The van der Waals surface area contributed by atoms with Gasteiger partial charge in [-0.3, -0.25) is 4.79 Å². The zero-order valence-corrected chi connectivity index (χ0v) is 13.0. The van der Waals surface area contributed by atoms with Crippen LogP contribution in [0.1, 0.15) is 43.0 Å². The third-order valence-corrected chi connectivity index (χ3v) is 5.34. The number of hydrogen-bond acceptors (Lipinski definition) is 3. The fraction of sp³-hybridized carbons (Fsp3) is 0.562. The van der Waals surface area contributed by atoms with E-state index in [1.807, 2.05) is 13.0 Å². The van der Waals surface area contributed by atoms with E-state index < -0.39 is 5.91 Å². The molecule has 1 aromatic rings. The standard InChI is InChI=1S/C16H21ClN2O2/c1-2-21-14-9-13(16(14)6-3-7-16)19-10-4-5-12(17)11(8-10)15(18)20/h4-5,8,13-14,19H,2-3,6-7,9H2,1H3,(H2,18,20). The number of ether oxygens (including phenoxy) is 1. The summed E-state index contributed by atoms with van der Waals surface area (Å²) in [6, 6.07) is 5.76. The average molecular weight is 309 g/mol. The number of anilines is 1. The van der Waals surface area contributed by atoms with Crippen LogP contribution in [0.25, 0.3) is 0 Å². The molecule has 2 aliphatic rings. The maximum Gasteiger partial charge on any atom is 0.250 e. The van der Waals surface area contributed by atoms with Gasteiger partial charge in [-0.25, -0.2) is 0 Å². The molecule has 1 amide bonds. The first-order chi connectivity index (χ1) is 10.1. The van der Waals surface area contributed by atoms with Crippen molar-refractivity contribution < 1.29 is 9.53 Å². The molecule has 0 saturated heterocycles. The molecule has 0 aliphatic heterocycles. The number of nitrogens with one attached hydrogen (secondary N) is 1. The largest absolute Gasteiger partial charge is 0.382 e. The number of carbonyl (C=O) groups is 1. The molecule has 0 aromatic heterocycles. The molecule has 0 radical (unpaired) electrons. The monoisotopic (exact) mass is 308 g/mol. The second-order valence-electron chi connectivity index (χ2n) is 6.02. The summed E-state index contributed by atoms with van der Waals surface area (Å²) in [7, 11) is 0. The Morgan fingerprint density at radius 2 is 2.29 bits per heavy atom. The van der Waals surface area contributed by atoms with Crippen molar-refractivity contribution in [2.45, 2.75) is 44.8 Å². The maximum absolute atomic E-state index is 11.4. The van der Waals surface area contributed by atoms with Crippen molar-refractivity contribution in [3.63, 3.8) is 0 Å². The highest BCUT2D eigenvalue weighted by molar-refractivity contribution is 6.33. The second kappa shape index (κ2) is 5.50. The Hall–Kier alpha value is -1.26. The van der Waals surface area contributed by atoms with Crippen molar-refractivity contribution in [2.75, 3.05) is 11.9 Å². The molecular formula is C16H21ClN2O2. The van der Waals surface area contributed by atoms with Gasteiger partial charge in [-0.2, -0.15) is 0 Å². The highest BCUT2D eigenvalue weighted by Gasteiger charge is 2.58. The van der Waals surface area contributed by atoms with Crippen molar-refractivity contribution in [2.24, 2.45) is 11.1 Å². The predicted octanol–water partition coefficient (Wildman–Crippen LogP) is 3.20. The fourth-order valence-electron chi connectivity index (χ4n) is 3.65. The number of hydrogen-bond donors (Lipinski definition) is 2. The molecule has 1 aromatic carbocycles. The van der Waals surface area contributed by atoms with E-state index >= 15 is 0 Å².